The van der Waals surface area contributed by atoms with Gasteiger partial charge >= 0.3 is 39.5 Å². The molecular weight excluding hydrogens is 1170 g/mol. The molecule has 17 nitrogen and oxygen atoms in total. The summed E-state index contributed by atoms with van der Waals surface area (Å²) < 4.78 is 68.2. The second kappa shape index (κ2) is 62.2. The van der Waals surface area contributed by atoms with Gasteiger partial charge in [-0.05, 0) is 37.5 Å². The number of hydrogen-bond acceptors (Lipinski definition) is 15. The fraction of sp³-hybridized carbons (Fsp3) is 0.943. The summed E-state index contributed by atoms with van der Waals surface area (Å²) in [5, 5.41) is 10.6. The van der Waals surface area contributed by atoms with E-state index in [1.807, 2.05) is 0 Å². The van der Waals surface area contributed by atoms with E-state index in [1.165, 1.54) is 173 Å². The quantitative estimate of drug-likeness (QED) is 0.0222. The minimum Gasteiger partial charge on any atom is -0.462 e. The predicted octanol–water partition coefficient (Wildman–Crippen LogP) is 20.0. The Morgan fingerprint density at radius 2 is 0.517 bits per heavy atom. The van der Waals surface area contributed by atoms with E-state index in [1.54, 1.807) is 0 Å². The summed E-state index contributed by atoms with van der Waals surface area (Å²) in [5.74, 6) is -0.630. The van der Waals surface area contributed by atoms with E-state index < -0.39 is 97.5 Å². The van der Waals surface area contributed by atoms with Crippen LogP contribution in [0.3, 0.4) is 0 Å². The van der Waals surface area contributed by atoms with Crippen LogP contribution in [0.2, 0.25) is 0 Å². The number of phosphoric ester groups is 2. The molecule has 0 rings (SSSR count). The van der Waals surface area contributed by atoms with Crippen LogP contribution in [0.5, 0.6) is 0 Å². The van der Waals surface area contributed by atoms with Crippen molar-refractivity contribution in [2.75, 3.05) is 39.6 Å². The zero-order valence-corrected chi connectivity index (χ0v) is 59.5. The highest BCUT2D eigenvalue weighted by molar-refractivity contribution is 7.47. The molecule has 0 aromatic rings. The second-order valence-electron chi connectivity index (χ2n) is 26.2. The molecule has 2 unspecified atom stereocenters. The molecular formula is C70H136O17P2. The van der Waals surface area contributed by atoms with E-state index in [2.05, 4.69) is 41.5 Å². The van der Waals surface area contributed by atoms with E-state index in [9.17, 15) is 43.2 Å². The van der Waals surface area contributed by atoms with Gasteiger partial charge in [-0.15, -0.1) is 0 Å². The molecule has 0 saturated heterocycles. The maximum Gasteiger partial charge on any atom is 0.472 e. The van der Waals surface area contributed by atoms with Crippen molar-refractivity contribution in [2.24, 2.45) is 11.8 Å². The Balaban J connectivity index is 5.24. The average Bonchev–Trinajstić information content (AvgIpc) is 3.69. The molecule has 0 aliphatic carbocycles. The Morgan fingerprint density at radius 1 is 0.303 bits per heavy atom. The number of ether oxygens (including phenoxy) is 4. The minimum absolute atomic E-state index is 0.104. The van der Waals surface area contributed by atoms with Gasteiger partial charge in [-0.2, -0.15) is 0 Å². The van der Waals surface area contributed by atoms with Gasteiger partial charge in [0.05, 0.1) is 26.4 Å². The Kier molecular flexibility index (Phi) is 60.8. The summed E-state index contributed by atoms with van der Waals surface area (Å²) in [5.41, 5.74) is 0. The van der Waals surface area contributed by atoms with Crippen LogP contribution in [0, 0.1) is 11.8 Å². The normalized spacial score (nSPS) is 14.1. The molecule has 0 aliphatic heterocycles. The van der Waals surface area contributed by atoms with Gasteiger partial charge in [0.25, 0.3) is 0 Å². The lowest BCUT2D eigenvalue weighted by molar-refractivity contribution is -0.161. The standard InChI is InChI=1S/C70H136O17P2/c1-7-9-11-13-15-17-18-19-20-24-28-35-41-47-53-68(73)81-59-65(86-69(74)54-48-42-36-29-25-22-21-23-27-32-38-44-50-62(3)4)60-84-88(76,77)82-56-64(71)57-83-89(78,79)85-61-66(58-80-67(72)52-46-40-34-26-16-14-12-10-8-2)87-70(75)55-49-43-37-31-30-33-39-45-51-63(5)6/h62-66,71H,7-61H2,1-6H3,(H,76,77)(H,78,79)/t64-,65-,66-/m1/s1. The molecule has 0 aromatic carbocycles. The number of phosphoric acid groups is 2. The van der Waals surface area contributed by atoms with Crippen LogP contribution in [0.15, 0.2) is 0 Å². The van der Waals surface area contributed by atoms with E-state index in [4.69, 9.17) is 37.0 Å². The summed E-state index contributed by atoms with van der Waals surface area (Å²) in [6.45, 7) is 9.51. The van der Waals surface area contributed by atoms with Crippen LogP contribution in [-0.4, -0.2) is 96.7 Å². The fourth-order valence-corrected chi connectivity index (χ4v) is 12.2. The first-order valence-electron chi connectivity index (χ1n) is 36.5. The molecule has 0 saturated carbocycles. The predicted molar refractivity (Wildman–Crippen MR) is 358 cm³/mol. The van der Waals surface area contributed by atoms with Crippen molar-refractivity contribution in [3.8, 4) is 0 Å². The molecule has 528 valence electrons. The highest BCUT2D eigenvalue weighted by Crippen LogP contribution is 2.45. The van der Waals surface area contributed by atoms with Crippen LogP contribution in [-0.2, 0) is 65.4 Å². The van der Waals surface area contributed by atoms with Gasteiger partial charge in [-0.1, -0.05) is 305 Å². The maximum atomic E-state index is 13.0. The Labute approximate surface area is 543 Å². The smallest absolute Gasteiger partial charge is 0.462 e. The molecule has 0 radical (unpaired) electrons. The Hall–Kier alpha value is -1.94. The maximum absolute atomic E-state index is 13.0. The first kappa shape index (κ1) is 87.1. The van der Waals surface area contributed by atoms with Crippen molar-refractivity contribution in [1.29, 1.82) is 0 Å². The van der Waals surface area contributed by atoms with Crippen LogP contribution in [0.4, 0.5) is 0 Å². The van der Waals surface area contributed by atoms with Crippen LogP contribution in [0.1, 0.15) is 356 Å². The molecule has 3 N–H and O–H groups in total. The van der Waals surface area contributed by atoms with Gasteiger partial charge in [-0.3, -0.25) is 37.3 Å². The summed E-state index contributed by atoms with van der Waals surface area (Å²) in [4.78, 5) is 72.5. The molecule has 0 aromatic heterocycles. The second-order valence-corrected chi connectivity index (χ2v) is 29.1. The van der Waals surface area contributed by atoms with E-state index in [0.717, 1.165) is 102 Å². The highest BCUT2D eigenvalue weighted by Gasteiger charge is 2.30. The SMILES string of the molecule is CCCCCCCCCCCCCCCCC(=O)OC[C@H](COP(=O)(O)OC[C@@H](O)COP(=O)(O)OC[C@@H](COC(=O)CCCCCCCCCCC)OC(=O)CCCCCCCCCCC(C)C)OC(=O)CCCCCCCCCCCCCCC(C)C. The van der Waals surface area contributed by atoms with Crippen molar-refractivity contribution in [3.05, 3.63) is 0 Å². The number of carbonyl (C=O) groups is 4. The van der Waals surface area contributed by atoms with Gasteiger partial charge in [0.15, 0.2) is 12.2 Å². The average molecular weight is 1310 g/mol. The molecule has 89 heavy (non-hydrogen) atoms. The van der Waals surface area contributed by atoms with Gasteiger partial charge in [0.1, 0.15) is 19.3 Å². The van der Waals surface area contributed by atoms with E-state index in [-0.39, 0.29) is 25.7 Å². The molecule has 19 heteroatoms. The minimum atomic E-state index is -4.95. The number of hydrogen-bond donors (Lipinski definition) is 3. The Bertz CT molecular complexity index is 1730. The number of unbranched alkanes of at least 4 members (excludes halogenated alkanes) is 39. The highest BCUT2D eigenvalue weighted by atomic mass is 31.2. The lowest BCUT2D eigenvalue weighted by Crippen LogP contribution is -2.30. The van der Waals surface area contributed by atoms with Crippen molar-refractivity contribution in [1.82, 2.24) is 0 Å². The van der Waals surface area contributed by atoms with Crippen LogP contribution < -0.4 is 0 Å². The number of rotatable bonds is 69. The molecule has 0 aliphatic rings. The summed E-state index contributed by atoms with van der Waals surface area (Å²) in [7, 11) is -9.90. The number of esters is 4. The van der Waals surface area contributed by atoms with E-state index >= 15 is 0 Å². The molecule has 5 atom stereocenters. The lowest BCUT2D eigenvalue weighted by atomic mass is 10.0. The third-order valence-corrected chi connectivity index (χ3v) is 18.1. The third kappa shape index (κ3) is 64.6. The van der Waals surface area contributed by atoms with Crippen molar-refractivity contribution >= 4 is 39.5 Å². The zero-order chi connectivity index (χ0) is 65.7. The summed E-state index contributed by atoms with van der Waals surface area (Å²) in [6, 6.07) is 0. The monoisotopic (exact) mass is 1310 g/mol. The van der Waals surface area contributed by atoms with Gasteiger partial charge < -0.3 is 33.8 Å². The molecule has 0 spiro atoms. The van der Waals surface area contributed by atoms with Crippen molar-refractivity contribution < 1.29 is 80.2 Å². The number of carbonyl (C=O) groups excluding carboxylic acids is 4. The lowest BCUT2D eigenvalue weighted by Gasteiger charge is -2.21. The fourth-order valence-electron chi connectivity index (χ4n) is 10.6. The van der Waals surface area contributed by atoms with Gasteiger partial charge in [0.2, 0.25) is 0 Å². The zero-order valence-electron chi connectivity index (χ0n) is 57.7. The first-order valence-corrected chi connectivity index (χ1v) is 39.5. The molecule has 0 fully saturated rings. The summed E-state index contributed by atoms with van der Waals surface area (Å²) in [6.07, 6.45) is 47.2. The molecule has 0 bridgehead atoms. The van der Waals surface area contributed by atoms with E-state index in [0.29, 0.717) is 25.7 Å². The van der Waals surface area contributed by atoms with Crippen molar-refractivity contribution in [3.63, 3.8) is 0 Å². The van der Waals surface area contributed by atoms with Crippen LogP contribution in [0.25, 0.3) is 0 Å². The van der Waals surface area contributed by atoms with Gasteiger partial charge in [0, 0.05) is 25.7 Å². The Morgan fingerprint density at radius 3 is 0.764 bits per heavy atom. The van der Waals surface area contributed by atoms with Crippen LogP contribution >= 0.6 is 15.6 Å². The molecule has 0 amide bonds. The molecule has 0 heterocycles. The number of aliphatic hydroxyl groups excluding tert-OH is 1. The third-order valence-electron chi connectivity index (χ3n) is 16.2. The topological polar surface area (TPSA) is 237 Å². The summed E-state index contributed by atoms with van der Waals surface area (Å²) >= 11 is 0. The number of aliphatic hydroxyl groups is 1. The van der Waals surface area contributed by atoms with Gasteiger partial charge in [-0.25, -0.2) is 9.13 Å². The first-order chi connectivity index (χ1) is 42.9. The van der Waals surface area contributed by atoms with Crippen molar-refractivity contribution in [2.45, 2.75) is 374 Å². The largest absolute Gasteiger partial charge is 0.472 e.